The number of hydrogen-bond donors (Lipinski definition) is 4. The minimum absolute atomic E-state index is 0.00610. The fourth-order valence-electron chi connectivity index (χ4n) is 4.18. The number of thiazole rings is 1. The zero-order chi connectivity index (χ0) is 25.2. The van der Waals surface area contributed by atoms with Crippen LogP contribution in [0.15, 0.2) is 41.2 Å². The van der Waals surface area contributed by atoms with Crippen molar-refractivity contribution < 1.29 is 18.3 Å². The third-order valence-corrected chi connectivity index (χ3v) is 9.18. The molecule has 10 nitrogen and oxygen atoms in total. The number of aliphatic imine (C=N–C) groups is 1. The Balaban J connectivity index is 1.56. The molecule has 1 atom stereocenters. The molecule has 0 radical (unpaired) electrons. The molecule has 0 spiro atoms. The monoisotopic (exact) mass is 518 g/mol. The molecule has 4 N–H and O–H groups in total. The molecular weight excluding hydrogens is 488 g/mol. The standard InChI is InChI=1S/C23H30N6O4S2/c1-13(2)35(32,33)29-19-11-17(25-21-10-14(3)27-28-21)8-9-18(19)22-24-12-20(34-22)15-4-6-16(7-5-15)26-23(30)31/h8-13,15-16,18,26,29H,4-7H2,1-3H3,(H,27,28)(H,30,31). The van der Waals surface area contributed by atoms with Gasteiger partial charge in [0.15, 0.2) is 5.82 Å². The van der Waals surface area contributed by atoms with E-state index in [0.29, 0.717) is 23.1 Å². The van der Waals surface area contributed by atoms with Gasteiger partial charge in [-0.15, -0.1) is 11.3 Å². The molecular formula is C23H30N6O4S2. The lowest BCUT2D eigenvalue weighted by Gasteiger charge is -2.27. The number of amides is 1. The molecule has 2 aromatic rings. The van der Waals surface area contributed by atoms with Gasteiger partial charge in [0.05, 0.1) is 16.9 Å². The maximum atomic E-state index is 12.7. The van der Waals surface area contributed by atoms with E-state index >= 15 is 0 Å². The summed E-state index contributed by atoms with van der Waals surface area (Å²) in [6.45, 7) is 5.15. The van der Waals surface area contributed by atoms with Crippen molar-refractivity contribution in [3.8, 4) is 0 Å². The number of nitrogens with one attached hydrogen (secondary N) is 3. The highest BCUT2D eigenvalue weighted by Gasteiger charge is 2.29. The van der Waals surface area contributed by atoms with Crippen LogP contribution in [0, 0.1) is 6.92 Å². The van der Waals surface area contributed by atoms with Gasteiger partial charge in [-0.3, -0.25) is 9.82 Å². The average molecular weight is 519 g/mol. The number of H-pyrrole nitrogens is 1. The summed E-state index contributed by atoms with van der Waals surface area (Å²) in [6, 6.07) is 1.81. The topological polar surface area (TPSA) is 149 Å². The Bertz CT molecular complexity index is 1270. The Morgan fingerprint density at radius 3 is 2.66 bits per heavy atom. The van der Waals surface area contributed by atoms with Gasteiger partial charge in [-0.25, -0.2) is 23.2 Å². The van der Waals surface area contributed by atoms with E-state index in [9.17, 15) is 13.2 Å². The normalized spacial score (nSPS) is 23.9. The molecule has 188 valence electrons. The molecule has 2 aliphatic carbocycles. The predicted molar refractivity (Wildman–Crippen MR) is 136 cm³/mol. The van der Waals surface area contributed by atoms with Gasteiger partial charge in [-0.1, -0.05) is 6.08 Å². The van der Waals surface area contributed by atoms with Crippen molar-refractivity contribution in [1.29, 1.82) is 0 Å². The number of hydrogen-bond acceptors (Lipinski definition) is 7. The summed E-state index contributed by atoms with van der Waals surface area (Å²) in [4.78, 5) is 21.2. The Kier molecular flexibility index (Phi) is 7.41. The second-order valence-corrected chi connectivity index (χ2v) is 12.5. The Hall–Kier alpha value is -2.99. The second kappa shape index (κ2) is 10.3. The maximum absolute atomic E-state index is 12.7. The highest BCUT2D eigenvalue weighted by molar-refractivity contribution is 7.90. The van der Waals surface area contributed by atoms with E-state index in [-0.39, 0.29) is 12.0 Å². The summed E-state index contributed by atoms with van der Waals surface area (Å²) in [5, 5.41) is 18.7. The molecule has 0 aromatic carbocycles. The first-order chi connectivity index (χ1) is 16.6. The zero-order valence-corrected chi connectivity index (χ0v) is 21.5. The Morgan fingerprint density at radius 2 is 2.03 bits per heavy atom. The van der Waals surface area contributed by atoms with E-state index in [1.165, 1.54) is 0 Å². The van der Waals surface area contributed by atoms with E-state index in [1.807, 2.05) is 31.3 Å². The zero-order valence-electron chi connectivity index (χ0n) is 19.9. The molecule has 0 bridgehead atoms. The van der Waals surface area contributed by atoms with Crippen LogP contribution >= 0.6 is 11.3 Å². The molecule has 2 aromatic heterocycles. The van der Waals surface area contributed by atoms with Crippen molar-refractivity contribution in [2.75, 3.05) is 0 Å². The number of carbonyl (C=O) groups is 1. The van der Waals surface area contributed by atoms with Gasteiger partial charge in [0, 0.05) is 34.6 Å². The average Bonchev–Trinajstić information content (AvgIpc) is 3.43. The maximum Gasteiger partial charge on any atom is 0.404 e. The Morgan fingerprint density at radius 1 is 1.29 bits per heavy atom. The number of rotatable bonds is 7. The first-order valence-electron chi connectivity index (χ1n) is 11.6. The van der Waals surface area contributed by atoms with Gasteiger partial charge < -0.3 is 10.4 Å². The number of nitrogens with zero attached hydrogens (tertiary/aromatic N) is 3. The predicted octanol–water partition coefficient (Wildman–Crippen LogP) is 4.11. The molecule has 0 aliphatic heterocycles. The van der Waals surface area contributed by atoms with Crippen LogP contribution in [0.3, 0.4) is 0 Å². The molecule has 0 saturated heterocycles. The second-order valence-electron chi connectivity index (χ2n) is 9.18. The van der Waals surface area contributed by atoms with Gasteiger partial charge in [-0.2, -0.15) is 5.10 Å². The number of sulfonamides is 1. The van der Waals surface area contributed by atoms with Gasteiger partial charge in [0.25, 0.3) is 0 Å². The van der Waals surface area contributed by atoms with Crippen molar-refractivity contribution in [3.05, 3.63) is 51.8 Å². The lowest BCUT2D eigenvalue weighted by molar-refractivity contribution is 0.185. The summed E-state index contributed by atoms with van der Waals surface area (Å²) in [5.41, 5.74) is 1.98. The summed E-state index contributed by atoms with van der Waals surface area (Å²) in [7, 11) is -3.57. The van der Waals surface area contributed by atoms with Crippen molar-refractivity contribution >= 4 is 39.0 Å². The first kappa shape index (κ1) is 25.1. The van der Waals surface area contributed by atoms with Crippen molar-refractivity contribution in [2.45, 2.75) is 69.6 Å². The van der Waals surface area contributed by atoms with Crippen molar-refractivity contribution in [1.82, 2.24) is 25.2 Å². The summed E-state index contributed by atoms with van der Waals surface area (Å²) in [6.07, 6.45) is 9.74. The van der Waals surface area contributed by atoms with Crippen molar-refractivity contribution in [2.24, 2.45) is 4.99 Å². The lowest BCUT2D eigenvalue weighted by atomic mass is 9.85. The number of allylic oxidation sites excluding steroid dienone is 3. The van der Waals surface area contributed by atoms with Crippen LogP contribution in [0.1, 0.15) is 66.9 Å². The van der Waals surface area contributed by atoms with Gasteiger partial charge in [-0.05, 0) is 64.5 Å². The largest absolute Gasteiger partial charge is 0.465 e. The number of carboxylic acid groups (broad SMARTS) is 1. The van der Waals surface area contributed by atoms with Crippen LogP contribution in [-0.4, -0.2) is 51.8 Å². The van der Waals surface area contributed by atoms with E-state index in [4.69, 9.17) is 5.11 Å². The SMILES string of the molecule is Cc1cc(N=C2C=CC(c3ncc(C4CCC(NC(=O)O)CC4)s3)C(NS(=O)(=O)C(C)C)=C2)n[nH]1. The van der Waals surface area contributed by atoms with Crippen LogP contribution in [0.25, 0.3) is 0 Å². The van der Waals surface area contributed by atoms with Crippen LogP contribution in [0.5, 0.6) is 0 Å². The van der Waals surface area contributed by atoms with Gasteiger partial charge in [0.2, 0.25) is 10.0 Å². The Labute approximate surface area is 208 Å². The smallest absolute Gasteiger partial charge is 0.404 e. The first-order valence-corrected chi connectivity index (χ1v) is 13.9. The number of aryl methyl sites for hydroxylation is 1. The summed E-state index contributed by atoms with van der Waals surface area (Å²) in [5.74, 6) is 0.500. The third-order valence-electron chi connectivity index (χ3n) is 6.18. The molecule has 1 amide bonds. The highest BCUT2D eigenvalue weighted by atomic mass is 32.2. The minimum atomic E-state index is -3.57. The molecule has 35 heavy (non-hydrogen) atoms. The third kappa shape index (κ3) is 6.17. The molecule has 2 heterocycles. The minimum Gasteiger partial charge on any atom is -0.465 e. The van der Waals surface area contributed by atoms with E-state index in [1.54, 1.807) is 31.3 Å². The van der Waals surface area contributed by atoms with Crippen molar-refractivity contribution in [3.63, 3.8) is 0 Å². The molecule has 1 fully saturated rings. The molecule has 2 aliphatic rings. The van der Waals surface area contributed by atoms with Crippen LogP contribution in [0.4, 0.5) is 10.6 Å². The fraction of sp³-hybridized carbons (Fsp3) is 0.478. The van der Waals surface area contributed by atoms with Crippen LogP contribution < -0.4 is 10.0 Å². The number of aromatic nitrogens is 3. The number of aromatic amines is 1. The quantitative estimate of drug-likeness (QED) is 0.433. The molecule has 4 rings (SSSR count). The summed E-state index contributed by atoms with van der Waals surface area (Å²) < 4.78 is 28.2. The molecule has 12 heteroatoms. The summed E-state index contributed by atoms with van der Waals surface area (Å²) >= 11 is 1.58. The molecule has 1 saturated carbocycles. The van der Waals surface area contributed by atoms with E-state index in [2.05, 4.69) is 30.2 Å². The van der Waals surface area contributed by atoms with E-state index in [0.717, 1.165) is 41.3 Å². The van der Waals surface area contributed by atoms with Crippen LogP contribution in [-0.2, 0) is 10.0 Å². The highest BCUT2D eigenvalue weighted by Crippen LogP contribution is 2.39. The van der Waals surface area contributed by atoms with Gasteiger partial charge in [0.1, 0.15) is 5.01 Å². The van der Waals surface area contributed by atoms with E-state index < -0.39 is 21.4 Å². The fourth-order valence-corrected chi connectivity index (χ4v) is 6.12. The lowest BCUT2D eigenvalue weighted by Crippen LogP contribution is -2.36. The molecule has 1 unspecified atom stereocenters. The van der Waals surface area contributed by atoms with Gasteiger partial charge >= 0.3 is 6.09 Å². The van der Waals surface area contributed by atoms with Crippen LogP contribution in [0.2, 0.25) is 0 Å².